The number of halogens is 1. The van der Waals surface area contributed by atoms with E-state index in [0.717, 1.165) is 54.5 Å². The van der Waals surface area contributed by atoms with Crippen molar-refractivity contribution in [3.05, 3.63) is 70.9 Å². The number of piperazine rings is 1. The minimum Gasteiger partial charge on any atom is -0.484 e. The quantitative estimate of drug-likeness (QED) is 0.422. The first-order chi connectivity index (χ1) is 16.9. The molecule has 1 fully saturated rings. The molecule has 0 bridgehead atoms. The summed E-state index contributed by atoms with van der Waals surface area (Å²) < 4.78 is 22.2. The molecule has 0 radical (unpaired) electrons. The zero-order valence-electron chi connectivity index (χ0n) is 19.6. The highest BCUT2D eigenvalue weighted by Gasteiger charge is 2.22. The smallest absolute Gasteiger partial charge is 0.262 e. The molecule has 1 atom stereocenters. The summed E-state index contributed by atoms with van der Waals surface area (Å²) in [4.78, 5) is 26.2. The maximum Gasteiger partial charge on any atom is 0.262 e. The predicted octanol–water partition coefficient (Wildman–Crippen LogP) is 3.61. The maximum absolute atomic E-state index is 14.2. The first-order valence-corrected chi connectivity index (χ1v) is 12.3. The van der Waals surface area contributed by atoms with Gasteiger partial charge >= 0.3 is 0 Å². The summed E-state index contributed by atoms with van der Waals surface area (Å²) in [5.74, 6) is -0.641. The van der Waals surface area contributed by atoms with Crippen molar-refractivity contribution < 1.29 is 13.9 Å². The third-order valence-electron chi connectivity index (χ3n) is 6.26. The van der Waals surface area contributed by atoms with E-state index in [1.54, 1.807) is 43.7 Å². The number of aromatic nitrogens is 3. The molecule has 8 nitrogen and oxygen atoms in total. The lowest BCUT2D eigenvalue weighted by Crippen LogP contribution is -2.44. The Labute approximate surface area is 206 Å². The van der Waals surface area contributed by atoms with Gasteiger partial charge in [0.2, 0.25) is 0 Å². The number of benzene rings is 1. The number of imidazole rings is 1. The van der Waals surface area contributed by atoms with Crippen LogP contribution in [0.2, 0.25) is 0 Å². The van der Waals surface area contributed by atoms with E-state index in [9.17, 15) is 9.18 Å². The van der Waals surface area contributed by atoms with Crippen LogP contribution in [-0.2, 0) is 6.54 Å². The maximum atomic E-state index is 14.2. The molecule has 1 aliphatic heterocycles. The van der Waals surface area contributed by atoms with Gasteiger partial charge in [0, 0.05) is 44.4 Å². The number of nitrogens with two attached hydrogens (primary N) is 1. The van der Waals surface area contributed by atoms with E-state index in [-0.39, 0.29) is 10.7 Å². The molecule has 3 aromatic heterocycles. The van der Waals surface area contributed by atoms with Gasteiger partial charge in [0.15, 0.2) is 0 Å². The fourth-order valence-corrected chi connectivity index (χ4v) is 5.18. The van der Waals surface area contributed by atoms with Crippen molar-refractivity contribution >= 4 is 28.3 Å². The van der Waals surface area contributed by atoms with Crippen molar-refractivity contribution in [3.63, 3.8) is 0 Å². The molecule has 5 rings (SSSR count). The summed E-state index contributed by atoms with van der Waals surface area (Å²) in [6, 6.07) is 10.2. The number of pyridine rings is 1. The largest absolute Gasteiger partial charge is 0.484 e. The highest BCUT2D eigenvalue weighted by molar-refractivity contribution is 7.16. The monoisotopic (exact) mass is 494 g/mol. The molecule has 4 aromatic rings. The lowest BCUT2D eigenvalue weighted by molar-refractivity contribution is 0.0998. The molecule has 35 heavy (non-hydrogen) atoms. The lowest BCUT2D eigenvalue weighted by atomic mass is 10.1. The molecular formula is C25H27FN6O2S. The van der Waals surface area contributed by atoms with E-state index in [4.69, 9.17) is 10.5 Å². The molecule has 2 N–H and O–H groups in total. The van der Waals surface area contributed by atoms with Crippen LogP contribution in [0, 0.1) is 5.82 Å². The van der Waals surface area contributed by atoms with Crippen molar-refractivity contribution in [3.8, 4) is 10.8 Å². The van der Waals surface area contributed by atoms with E-state index in [1.807, 2.05) is 10.6 Å². The Hall–Kier alpha value is -3.34. The van der Waals surface area contributed by atoms with E-state index in [2.05, 4.69) is 26.8 Å². The molecule has 1 aromatic carbocycles. The normalized spacial score (nSPS) is 16.0. The second-order valence-corrected chi connectivity index (χ2v) is 9.81. The molecule has 182 valence electrons. The number of hydrogen-bond donors (Lipinski definition) is 1. The Balaban J connectivity index is 1.44. The number of carbonyl (C=O) groups excluding carboxylic acids is 1. The minimum atomic E-state index is -0.601. The number of hydrogen-bond acceptors (Lipinski definition) is 7. The number of rotatable bonds is 7. The summed E-state index contributed by atoms with van der Waals surface area (Å²) in [5, 5.41) is 0.730. The number of primary amides is 1. The first kappa shape index (κ1) is 23.4. The second-order valence-electron chi connectivity index (χ2n) is 8.78. The van der Waals surface area contributed by atoms with Crippen molar-refractivity contribution in [2.24, 2.45) is 5.73 Å². The molecule has 1 aliphatic rings. The third-order valence-corrected chi connectivity index (χ3v) is 7.40. The van der Waals surface area contributed by atoms with E-state index >= 15 is 0 Å². The van der Waals surface area contributed by atoms with Crippen LogP contribution in [0.5, 0.6) is 5.75 Å². The van der Waals surface area contributed by atoms with Crippen molar-refractivity contribution in [2.45, 2.75) is 19.6 Å². The Morgan fingerprint density at radius 3 is 2.71 bits per heavy atom. The Bertz CT molecular complexity index is 1360. The van der Waals surface area contributed by atoms with Crippen LogP contribution in [0.15, 0.2) is 48.9 Å². The lowest BCUT2D eigenvalue weighted by Gasteiger charge is -2.32. The van der Waals surface area contributed by atoms with Gasteiger partial charge in [-0.05, 0) is 26.1 Å². The van der Waals surface area contributed by atoms with E-state index < -0.39 is 12.0 Å². The van der Waals surface area contributed by atoms with Crippen molar-refractivity contribution in [2.75, 3.05) is 33.2 Å². The van der Waals surface area contributed by atoms with Crippen LogP contribution < -0.4 is 10.5 Å². The van der Waals surface area contributed by atoms with Gasteiger partial charge in [-0.1, -0.05) is 18.2 Å². The Kier molecular flexibility index (Phi) is 6.50. The SMILES string of the molecule is CC(Oc1cc(-n2cnc3cnc(CN4CCN(C)CC4)cc32)sc1C(N)=O)c1ccccc1F. The first-order valence-electron chi connectivity index (χ1n) is 11.5. The molecule has 0 aliphatic carbocycles. The average molecular weight is 495 g/mol. The number of ether oxygens (including phenoxy) is 1. The van der Waals surface area contributed by atoms with Crippen LogP contribution in [0.1, 0.15) is 34.0 Å². The molecule has 10 heteroatoms. The van der Waals surface area contributed by atoms with Gasteiger partial charge in [-0.25, -0.2) is 9.37 Å². The number of carbonyl (C=O) groups is 1. The highest BCUT2D eigenvalue weighted by Crippen LogP contribution is 2.36. The average Bonchev–Trinajstić information content (AvgIpc) is 3.44. The Morgan fingerprint density at radius 2 is 1.97 bits per heavy atom. The van der Waals surface area contributed by atoms with Gasteiger partial charge in [-0.2, -0.15) is 0 Å². The van der Waals surface area contributed by atoms with Crippen LogP contribution in [0.4, 0.5) is 4.39 Å². The number of amides is 1. The van der Waals surface area contributed by atoms with Crippen molar-refractivity contribution in [1.82, 2.24) is 24.3 Å². The zero-order valence-corrected chi connectivity index (χ0v) is 20.5. The summed E-state index contributed by atoms with van der Waals surface area (Å²) in [6.07, 6.45) is 2.88. The second kappa shape index (κ2) is 9.73. The third kappa shape index (κ3) is 4.90. The van der Waals surface area contributed by atoms with E-state index in [1.165, 1.54) is 17.4 Å². The van der Waals surface area contributed by atoms with Gasteiger partial charge in [0.1, 0.15) is 39.4 Å². The van der Waals surface area contributed by atoms with Crippen LogP contribution in [-0.4, -0.2) is 63.5 Å². The fraction of sp³-hybridized carbons (Fsp3) is 0.320. The number of fused-ring (bicyclic) bond motifs is 1. The topological polar surface area (TPSA) is 89.5 Å². The molecule has 0 spiro atoms. The van der Waals surface area contributed by atoms with Crippen LogP contribution >= 0.6 is 11.3 Å². The summed E-state index contributed by atoms with van der Waals surface area (Å²) in [7, 11) is 2.14. The molecule has 1 unspecified atom stereocenters. The summed E-state index contributed by atoms with van der Waals surface area (Å²) >= 11 is 1.22. The van der Waals surface area contributed by atoms with Crippen molar-refractivity contribution in [1.29, 1.82) is 0 Å². The zero-order chi connectivity index (χ0) is 24.5. The molecule has 1 saturated heterocycles. The minimum absolute atomic E-state index is 0.275. The Morgan fingerprint density at radius 1 is 1.20 bits per heavy atom. The fourth-order valence-electron chi connectivity index (χ4n) is 4.25. The standard InChI is InChI=1S/C25H27FN6O2S/c1-16(18-5-3-4-6-19(18)26)34-22-12-23(35-24(22)25(27)33)32-15-29-20-13-28-17(11-21(20)32)14-31-9-7-30(2)8-10-31/h3-6,11-13,15-16H,7-10,14H2,1-2H3,(H2,27,33). The molecule has 4 heterocycles. The molecule has 0 saturated carbocycles. The number of nitrogens with zero attached hydrogens (tertiary/aromatic N) is 5. The highest BCUT2D eigenvalue weighted by atomic mass is 32.1. The van der Waals surface area contributed by atoms with Gasteiger partial charge in [-0.3, -0.25) is 19.2 Å². The summed E-state index contributed by atoms with van der Waals surface area (Å²) in [5.41, 5.74) is 8.65. The van der Waals surface area contributed by atoms with Gasteiger partial charge in [0.05, 0.1) is 17.4 Å². The molecule has 1 amide bonds. The number of likely N-dealkylation sites (N-methyl/N-ethyl adjacent to an activating group) is 1. The van der Waals surface area contributed by atoms with Gasteiger partial charge in [0.25, 0.3) is 5.91 Å². The predicted molar refractivity (Wildman–Crippen MR) is 133 cm³/mol. The van der Waals surface area contributed by atoms with E-state index in [0.29, 0.717) is 11.3 Å². The van der Waals surface area contributed by atoms with Crippen LogP contribution in [0.3, 0.4) is 0 Å². The van der Waals surface area contributed by atoms with Gasteiger partial charge < -0.3 is 15.4 Å². The summed E-state index contributed by atoms with van der Waals surface area (Å²) in [6.45, 7) is 6.59. The van der Waals surface area contributed by atoms with Gasteiger partial charge in [-0.15, -0.1) is 11.3 Å². The number of thiophene rings is 1. The molecular weight excluding hydrogens is 467 g/mol. The van der Waals surface area contributed by atoms with Crippen LogP contribution in [0.25, 0.3) is 16.0 Å².